The Balaban J connectivity index is 1.88. The number of rotatable bonds is 8. The van der Waals surface area contributed by atoms with Gasteiger partial charge in [-0.15, -0.1) is 0 Å². The maximum absolute atomic E-state index is 12.5. The zero-order valence-electron chi connectivity index (χ0n) is 20.7. The predicted molar refractivity (Wildman–Crippen MR) is 145 cm³/mol. The third-order valence-corrected chi connectivity index (χ3v) is 6.95. The largest absolute Gasteiger partial charge is 0.480 e. The maximum atomic E-state index is 12.5. The third kappa shape index (κ3) is 5.65. The fourth-order valence-corrected chi connectivity index (χ4v) is 4.68. The van der Waals surface area contributed by atoms with Crippen molar-refractivity contribution in [3.05, 3.63) is 89.5 Å². The highest BCUT2D eigenvalue weighted by Gasteiger charge is 2.23. The molecule has 192 valence electrons. The first-order valence-corrected chi connectivity index (χ1v) is 13.3. The summed E-state index contributed by atoms with van der Waals surface area (Å²) in [7, 11) is -0.634. The summed E-state index contributed by atoms with van der Waals surface area (Å²) in [4.78, 5) is 18.5. The number of aromatic hydroxyl groups is 1. The summed E-state index contributed by atoms with van der Waals surface area (Å²) < 4.78 is 31.7. The van der Waals surface area contributed by atoms with Crippen LogP contribution in [0.4, 0.5) is 11.4 Å². The lowest BCUT2D eigenvalue weighted by atomic mass is 9.99. The molecule has 0 aliphatic rings. The molecular weight excluding hydrogens is 492 g/mol. The number of amides is 1. The van der Waals surface area contributed by atoms with Crippen molar-refractivity contribution in [2.75, 3.05) is 31.2 Å². The van der Waals surface area contributed by atoms with Gasteiger partial charge in [-0.1, -0.05) is 48.5 Å². The van der Waals surface area contributed by atoms with Crippen molar-refractivity contribution in [2.24, 2.45) is 10.7 Å². The van der Waals surface area contributed by atoms with Gasteiger partial charge in [0, 0.05) is 31.6 Å². The van der Waals surface area contributed by atoms with Crippen molar-refractivity contribution in [3.8, 4) is 5.95 Å². The van der Waals surface area contributed by atoms with Crippen molar-refractivity contribution in [1.29, 1.82) is 0 Å². The van der Waals surface area contributed by atoms with Crippen molar-refractivity contribution >= 4 is 44.0 Å². The van der Waals surface area contributed by atoms with Gasteiger partial charge in [-0.3, -0.25) is 9.10 Å². The average molecular weight is 521 g/mol. The van der Waals surface area contributed by atoms with Gasteiger partial charge in [0.15, 0.2) is 0 Å². The second kappa shape index (κ2) is 10.5. The molecule has 0 aliphatic carbocycles. The molecule has 1 aromatic heterocycles. The number of benzene rings is 3. The first kappa shape index (κ1) is 25.9. The van der Waals surface area contributed by atoms with Crippen LogP contribution in [-0.4, -0.2) is 56.9 Å². The smallest absolute Gasteiger partial charge is 0.292 e. The molecule has 0 saturated heterocycles. The normalized spacial score (nSPS) is 12.1. The molecule has 1 heterocycles. The highest BCUT2D eigenvalue weighted by molar-refractivity contribution is 7.92. The van der Waals surface area contributed by atoms with E-state index in [0.29, 0.717) is 40.0 Å². The van der Waals surface area contributed by atoms with Crippen LogP contribution < -0.4 is 10.0 Å². The van der Waals surface area contributed by atoms with Crippen molar-refractivity contribution in [3.63, 3.8) is 0 Å². The molecule has 3 aromatic carbocycles. The molecule has 0 unspecified atom stereocenters. The van der Waals surface area contributed by atoms with E-state index in [9.17, 15) is 18.3 Å². The van der Waals surface area contributed by atoms with Crippen molar-refractivity contribution < 1.29 is 22.7 Å². The lowest BCUT2D eigenvalue weighted by molar-refractivity contribution is -0.127. The standard InChI is InChI=1S/C27H28N4O5S/c1-30(2)24(32)17-31(37(3,34)35)21-8-6-7-20(15-21)29-26(19-13-11-18(16-28)12-14-19)25-22-9-4-5-10-23(22)36-27(25)33/h4-15,33H,16-17,28H2,1-3H3. The summed E-state index contributed by atoms with van der Waals surface area (Å²) in [5.74, 6) is -0.650. The quantitative estimate of drug-likeness (QED) is 0.342. The summed E-state index contributed by atoms with van der Waals surface area (Å²) in [6.07, 6.45) is 1.05. The van der Waals surface area contributed by atoms with Crippen LogP contribution in [0.1, 0.15) is 16.7 Å². The molecule has 3 N–H and O–H groups in total. The fraction of sp³-hybridized carbons (Fsp3) is 0.185. The molecule has 0 spiro atoms. The monoisotopic (exact) mass is 520 g/mol. The minimum atomic E-state index is -3.76. The Morgan fingerprint density at radius 1 is 1.03 bits per heavy atom. The van der Waals surface area contributed by atoms with Crippen LogP contribution in [0.15, 0.2) is 82.2 Å². The SMILES string of the molecule is CN(C)C(=O)CN(c1cccc(N=C(c2ccc(CN)cc2)c2c(O)oc3ccccc23)c1)S(C)(=O)=O. The molecular formula is C27H28N4O5S. The van der Waals surface area contributed by atoms with Gasteiger partial charge >= 0.3 is 0 Å². The molecule has 0 fully saturated rings. The van der Waals surface area contributed by atoms with E-state index in [1.807, 2.05) is 36.4 Å². The lowest BCUT2D eigenvalue weighted by Gasteiger charge is -2.23. The molecule has 37 heavy (non-hydrogen) atoms. The van der Waals surface area contributed by atoms with Gasteiger partial charge in [-0.25, -0.2) is 13.4 Å². The van der Waals surface area contributed by atoms with E-state index in [4.69, 9.17) is 15.1 Å². The second-order valence-corrected chi connectivity index (χ2v) is 10.6. The van der Waals surface area contributed by atoms with E-state index < -0.39 is 10.0 Å². The van der Waals surface area contributed by atoms with E-state index in [2.05, 4.69) is 0 Å². The summed E-state index contributed by atoms with van der Waals surface area (Å²) >= 11 is 0. The number of carbonyl (C=O) groups is 1. The zero-order chi connectivity index (χ0) is 26.7. The van der Waals surface area contributed by atoms with Crippen LogP contribution in [0.25, 0.3) is 11.0 Å². The summed E-state index contributed by atoms with van der Waals surface area (Å²) in [6.45, 7) is 0.0290. The molecule has 4 rings (SSSR count). The third-order valence-electron chi connectivity index (χ3n) is 5.81. The van der Waals surface area contributed by atoms with E-state index in [-0.39, 0.29) is 24.1 Å². The highest BCUT2D eigenvalue weighted by Crippen LogP contribution is 2.35. The Kier molecular flexibility index (Phi) is 7.33. The Labute approximate surface area is 215 Å². The molecule has 0 bridgehead atoms. The summed E-state index contributed by atoms with van der Waals surface area (Å²) in [5.41, 5.74) is 9.44. The van der Waals surface area contributed by atoms with Gasteiger partial charge in [0.1, 0.15) is 12.1 Å². The van der Waals surface area contributed by atoms with E-state index in [1.54, 1.807) is 50.5 Å². The summed E-state index contributed by atoms with van der Waals surface area (Å²) in [5, 5.41) is 11.4. The number of nitrogens with two attached hydrogens (primary N) is 1. The minimum Gasteiger partial charge on any atom is -0.480 e. The number of carbonyl (C=O) groups excluding carboxylic acids is 1. The van der Waals surface area contributed by atoms with Gasteiger partial charge in [0.25, 0.3) is 5.95 Å². The number of furan rings is 1. The number of nitrogens with zero attached hydrogens (tertiary/aromatic N) is 3. The number of hydrogen-bond donors (Lipinski definition) is 2. The number of aliphatic imine (C=N–C) groups is 1. The van der Waals surface area contributed by atoms with Crippen molar-refractivity contribution in [2.45, 2.75) is 6.54 Å². The number of likely N-dealkylation sites (N-methyl/N-ethyl adjacent to an activating group) is 1. The minimum absolute atomic E-state index is 0.284. The van der Waals surface area contributed by atoms with Gasteiger partial charge in [0.05, 0.1) is 28.9 Å². The highest BCUT2D eigenvalue weighted by atomic mass is 32.2. The lowest BCUT2D eigenvalue weighted by Crippen LogP contribution is -2.39. The molecule has 1 amide bonds. The second-order valence-electron chi connectivity index (χ2n) is 8.72. The van der Waals surface area contributed by atoms with Crippen LogP contribution in [0.3, 0.4) is 0 Å². The predicted octanol–water partition coefficient (Wildman–Crippen LogP) is 3.62. The van der Waals surface area contributed by atoms with Gasteiger partial charge in [-0.05, 0) is 29.8 Å². The van der Waals surface area contributed by atoms with E-state index >= 15 is 0 Å². The Bertz CT molecular complexity index is 1570. The first-order valence-electron chi connectivity index (χ1n) is 11.5. The fourth-order valence-electron chi connectivity index (χ4n) is 3.84. The van der Waals surface area contributed by atoms with Gasteiger partial charge < -0.3 is 20.2 Å². The first-order chi connectivity index (χ1) is 17.6. The van der Waals surface area contributed by atoms with E-state index in [0.717, 1.165) is 16.1 Å². The Morgan fingerprint density at radius 3 is 2.38 bits per heavy atom. The summed E-state index contributed by atoms with van der Waals surface area (Å²) in [6, 6.07) is 21.2. The van der Waals surface area contributed by atoms with Gasteiger partial charge in [0.2, 0.25) is 15.9 Å². The molecule has 0 aliphatic heterocycles. The topological polar surface area (TPSA) is 129 Å². The number of fused-ring (bicyclic) bond motifs is 1. The maximum Gasteiger partial charge on any atom is 0.292 e. The van der Waals surface area contributed by atoms with Crippen LogP contribution in [0.5, 0.6) is 5.95 Å². The Morgan fingerprint density at radius 2 is 1.73 bits per heavy atom. The van der Waals surface area contributed by atoms with Crippen LogP contribution in [-0.2, 0) is 21.4 Å². The molecule has 10 heteroatoms. The van der Waals surface area contributed by atoms with Crippen LogP contribution in [0, 0.1) is 0 Å². The van der Waals surface area contributed by atoms with Crippen LogP contribution in [0.2, 0.25) is 0 Å². The van der Waals surface area contributed by atoms with Crippen molar-refractivity contribution in [1.82, 2.24) is 4.90 Å². The number of sulfonamides is 1. The van der Waals surface area contributed by atoms with E-state index in [1.165, 1.54) is 4.90 Å². The average Bonchev–Trinajstić information content (AvgIpc) is 3.20. The number of anilines is 1. The van der Waals surface area contributed by atoms with Gasteiger partial charge in [-0.2, -0.15) is 0 Å². The number of hydrogen-bond acceptors (Lipinski definition) is 7. The number of para-hydroxylation sites is 1. The molecule has 0 radical (unpaired) electrons. The molecule has 0 atom stereocenters. The zero-order valence-corrected chi connectivity index (χ0v) is 21.6. The van der Waals surface area contributed by atoms with Crippen LogP contribution >= 0.6 is 0 Å². The Hall–Kier alpha value is -4.15. The molecule has 9 nitrogen and oxygen atoms in total. The molecule has 4 aromatic rings. The molecule has 0 saturated carbocycles.